The molecule has 1 amide bonds. The van der Waals surface area contributed by atoms with Crippen LogP contribution >= 0.6 is 0 Å². The first-order valence-electron chi connectivity index (χ1n) is 9.23. The fraction of sp³-hybridized carbons (Fsp3) is 0.421. The monoisotopic (exact) mass is 366 g/mol. The molecule has 0 atom stereocenters. The number of aromatic nitrogens is 5. The molecule has 1 fully saturated rings. The highest BCUT2D eigenvalue weighted by atomic mass is 16.2. The van der Waals surface area contributed by atoms with Crippen LogP contribution in [0.5, 0.6) is 0 Å². The van der Waals surface area contributed by atoms with Gasteiger partial charge in [-0.3, -0.25) is 9.36 Å². The summed E-state index contributed by atoms with van der Waals surface area (Å²) in [5, 5.41) is 5.33. The van der Waals surface area contributed by atoms with Crippen molar-refractivity contribution in [1.29, 1.82) is 0 Å². The first kappa shape index (κ1) is 17.4. The zero-order valence-electron chi connectivity index (χ0n) is 15.5. The minimum Gasteiger partial charge on any atom is -0.337 e. The third-order valence-electron chi connectivity index (χ3n) is 5.18. The molecule has 0 unspecified atom stereocenters. The first-order valence-corrected chi connectivity index (χ1v) is 9.23. The normalized spacial score (nSPS) is 15.4. The van der Waals surface area contributed by atoms with Crippen molar-refractivity contribution in [3.63, 3.8) is 0 Å². The maximum Gasteiger partial charge on any atom is 0.345 e. The maximum absolute atomic E-state index is 12.8. The summed E-state index contributed by atoms with van der Waals surface area (Å²) >= 11 is 0. The van der Waals surface area contributed by atoms with Gasteiger partial charge in [0.15, 0.2) is 5.65 Å². The van der Waals surface area contributed by atoms with Crippen LogP contribution in [0.4, 0.5) is 0 Å². The quantitative estimate of drug-likeness (QED) is 0.702. The number of amides is 1. The van der Waals surface area contributed by atoms with E-state index in [1.807, 2.05) is 30.0 Å². The number of hydrogen-bond donors (Lipinski definition) is 0. The van der Waals surface area contributed by atoms with Crippen molar-refractivity contribution < 1.29 is 4.79 Å². The van der Waals surface area contributed by atoms with E-state index in [-0.39, 0.29) is 17.5 Å². The molecule has 3 aromatic rings. The fourth-order valence-electron chi connectivity index (χ4n) is 3.70. The van der Waals surface area contributed by atoms with E-state index in [1.54, 1.807) is 23.9 Å². The van der Waals surface area contributed by atoms with Gasteiger partial charge in [-0.05, 0) is 44.0 Å². The number of aryl methyl sites for hydroxylation is 1. The standard InChI is InChI=1S/C19H22N6O2/c1-3-25-17(22-23(2)19(25)27)14-8-11-24(12-9-14)18(26)15-7-6-13-5-4-10-20-16(13)21-15/h4-7,10,14H,3,8-9,11-12H2,1-2H3. The summed E-state index contributed by atoms with van der Waals surface area (Å²) in [6.45, 7) is 3.81. The first-order chi connectivity index (χ1) is 13.1. The summed E-state index contributed by atoms with van der Waals surface area (Å²) in [5.74, 6) is 0.939. The van der Waals surface area contributed by atoms with Gasteiger partial charge < -0.3 is 4.90 Å². The summed E-state index contributed by atoms with van der Waals surface area (Å²) in [4.78, 5) is 35.4. The van der Waals surface area contributed by atoms with Crippen LogP contribution in [0.25, 0.3) is 11.0 Å². The smallest absolute Gasteiger partial charge is 0.337 e. The number of carbonyl (C=O) groups is 1. The number of nitrogens with zero attached hydrogens (tertiary/aromatic N) is 6. The third kappa shape index (κ3) is 3.11. The van der Waals surface area contributed by atoms with Crippen molar-refractivity contribution >= 4 is 16.9 Å². The zero-order valence-corrected chi connectivity index (χ0v) is 15.5. The zero-order chi connectivity index (χ0) is 19.0. The molecule has 8 heteroatoms. The van der Waals surface area contributed by atoms with Crippen LogP contribution in [-0.2, 0) is 13.6 Å². The van der Waals surface area contributed by atoms with Gasteiger partial charge in [-0.25, -0.2) is 19.4 Å². The number of carbonyl (C=O) groups excluding carboxylic acids is 1. The molecule has 4 heterocycles. The molecule has 27 heavy (non-hydrogen) atoms. The lowest BCUT2D eigenvalue weighted by Crippen LogP contribution is -2.39. The van der Waals surface area contributed by atoms with Crippen LogP contribution in [0.3, 0.4) is 0 Å². The molecular formula is C19H22N6O2. The molecule has 1 aliphatic rings. The molecule has 4 rings (SSSR count). The van der Waals surface area contributed by atoms with Crippen molar-refractivity contribution in [2.45, 2.75) is 32.2 Å². The molecule has 1 saturated heterocycles. The van der Waals surface area contributed by atoms with E-state index < -0.39 is 0 Å². The van der Waals surface area contributed by atoms with E-state index >= 15 is 0 Å². The second-order valence-corrected chi connectivity index (χ2v) is 6.82. The molecule has 3 aromatic heterocycles. The van der Waals surface area contributed by atoms with Crippen molar-refractivity contribution in [3.05, 3.63) is 52.5 Å². The third-order valence-corrected chi connectivity index (χ3v) is 5.18. The van der Waals surface area contributed by atoms with Gasteiger partial charge in [0.25, 0.3) is 5.91 Å². The van der Waals surface area contributed by atoms with Gasteiger partial charge in [0, 0.05) is 44.2 Å². The van der Waals surface area contributed by atoms with Crippen LogP contribution in [0.2, 0.25) is 0 Å². The molecule has 0 saturated carbocycles. The van der Waals surface area contributed by atoms with Gasteiger partial charge in [-0.2, -0.15) is 5.10 Å². The molecular weight excluding hydrogens is 344 g/mol. The predicted octanol–water partition coefficient (Wildman–Crippen LogP) is 1.56. The van der Waals surface area contributed by atoms with Gasteiger partial charge in [0.05, 0.1) is 0 Å². The van der Waals surface area contributed by atoms with Gasteiger partial charge in [-0.15, -0.1) is 0 Å². The Hall–Kier alpha value is -3.03. The Balaban J connectivity index is 1.49. The summed E-state index contributed by atoms with van der Waals surface area (Å²) in [6, 6.07) is 7.41. The lowest BCUT2D eigenvalue weighted by Gasteiger charge is -2.31. The molecule has 0 aliphatic carbocycles. The van der Waals surface area contributed by atoms with Crippen LogP contribution in [-0.4, -0.2) is 48.2 Å². The number of pyridine rings is 2. The SMILES string of the molecule is CCn1c(C2CCN(C(=O)c3ccc4cccnc4n3)CC2)nn(C)c1=O. The van der Waals surface area contributed by atoms with E-state index in [1.165, 1.54) is 4.68 Å². The number of fused-ring (bicyclic) bond motifs is 1. The van der Waals surface area contributed by atoms with Crippen molar-refractivity contribution in [1.82, 2.24) is 29.2 Å². The fourth-order valence-corrected chi connectivity index (χ4v) is 3.70. The van der Waals surface area contributed by atoms with E-state index in [4.69, 9.17) is 0 Å². The van der Waals surface area contributed by atoms with Crippen molar-refractivity contribution in [2.24, 2.45) is 7.05 Å². The molecule has 0 bridgehead atoms. The Labute approximate surface area is 156 Å². The van der Waals surface area contributed by atoms with Gasteiger partial charge in [0.1, 0.15) is 11.5 Å². The van der Waals surface area contributed by atoms with E-state index in [2.05, 4.69) is 15.1 Å². The Morgan fingerprint density at radius 1 is 1.22 bits per heavy atom. The number of piperidine rings is 1. The average Bonchev–Trinajstić information content (AvgIpc) is 3.01. The van der Waals surface area contributed by atoms with Gasteiger partial charge in [0.2, 0.25) is 0 Å². The largest absolute Gasteiger partial charge is 0.345 e. The minimum absolute atomic E-state index is 0.0742. The van der Waals surface area contributed by atoms with Crippen LogP contribution in [0.15, 0.2) is 35.3 Å². The van der Waals surface area contributed by atoms with Crippen LogP contribution < -0.4 is 5.69 Å². The molecule has 0 N–H and O–H groups in total. The minimum atomic E-state index is -0.0844. The Bertz CT molecular complexity index is 1050. The van der Waals surface area contributed by atoms with Crippen LogP contribution in [0.1, 0.15) is 42.0 Å². The molecule has 0 aromatic carbocycles. The number of likely N-dealkylation sites (tertiary alicyclic amines) is 1. The lowest BCUT2D eigenvalue weighted by atomic mass is 9.95. The highest BCUT2D eigenvalue weighted by molar-refractivity contribution is 5.94. The van der Waals surface area contributed by atoms with Crippen molar-refractivity contribution in [2.75, 3.05) is 13.1 Å². The number of hydrogen-bond acceptors (Lipinski definition) is 5. The van der Waals surface area contributed by atoms with E-state index in [0.717, 1.165) is 24.1 Å². The molecule has 0 spiro atoms. The highest BCUT2D eigenvalue weighted by Crippen LogP contribution is 2.27. The second-order valence-electron chi connectivity index (χ2n) is 6.82. The van der Waals surface area contributed by atoms with E-state index in [9.17, 15) is 9.59 Å². The summed E-state index contributed by atoms with van der Waals surface area (Å²) < 4.78 is 3.11. The summed E-state index contributed by atoms with van der Waals surface area (Å²) in [7, 11) is 1.68. The van der Waals surface area contributed by atoms with Gasteiger partial charge in [-0.1, -0.05) is 0 Å². The second kappa shape index (κ2) is 6.94. The molecule has 0 radical (unpaired) electrons. The average molecular weight is 366 g/mol. The number of rotatable bonds is 3. The summed E-state index contributed by atoms with van der Waals surface area (Å²) in [6.07, 6.45) is 3.25. The molecule has 1 aliphatic heterocycles. The van der Waals surface area contributed by atoms with E-state index in [0.29, 0.717) is 31.0 Å². The summed E-state index contributed by atoms with van der Waals surface area (Å²) in [5.41, 5.74) is 0.917. The predicted molar refractivity (Wildman–Crippen MR) is 101 cm³/mol. The lowest BCUT2D eigenvalue weighted by molar-refractivity contribution is 0.0704. The van der Waals surface area contributed by atoms with Gasteiger partial charge >= 0.3 is 5.69 Å². The highest BCUT2D eigenvalue weighted by Gasteiger charge is 2.28. The molecule has 8 nitrogen and oxygen atoms in total. The molecule has 140 valence electrons. The Morgan fingerprint density at radius 2 is 2.00 bits per heavy atom. The maximum atomic E-state index is 12.8. The van der Waals surface area contributed by atoms with Crippen molar-refractivity contribution in [3.8, 4) is 0 Å². The Morgan fingerprint density at radius 3 is 2.74 bits per heavy atom. The van der Waals surface area contributed by atoms with Crippen LogP contribution in [0, 0.1) is 0 Å². The Kier molecular flexibility index (Phi) is 4.47. The topological polar surface area (TPSA) is 85.9 Å².